The lowest BCUT2D eigenvalue weighted by molar-refractivity contribution is -0.137. The Morgan fingerprint density at radius 2 is 1.90 bits per heavy atom. The van der Waals surface area contributed by atoms with Gasteiger partial charge in [-0.25, -0.2) is 0 Å². The average Bonchev–Trinajstić information content (AvgIpc) is 2.94. The normalized spacial score (nSPS) is 27.0. The van der Waals surface area contributed by atoms with E-state index in [1.165, 1.54) is 5.56 Å². The molecule has 3 nitrogen and oxygen atoms in total. The first-order valence-electron chi connectivity index (χ1n) is 8.30. The molecule has 2 saturated heterocycles. The smallest absolute Gasteiger partial charge is 0.227 e. The van der Waals surface area contributed by atoms with Gasteiger partial charge in [-0.3, -0.25) is 4.79 Å². The first-order chi connectivity index (χ1) is 10.2. The lowest BCUT2D eigenvalue weighted by atomic mass is 9.89. The first-order valence-corrected chi connectivity index (χ1v) is 8.30. The number of carbonyl (C=O) groups is 1. The molecule has 2 atom stereocenters. The van der Waals surface area contributed by atoms with Crippen molar-refractivity contribution in [3.8, 4) is 0 Å². The van der Waals surface area contributed by atoms with E-state index < -0.39 is 0 Å². The Hall–Kier alpha value is -1.35. The standard InChI is InChI=1S/C18H26N2O/c1-14-17(7-10-19-14)18(21)20-11-8-16(9-12-20)13-15-5-3-2-4-6-15/h2-6,14,16-17,19H,7-13H2,1H3. The predicted molar refractivity (Wildman–Crippen MR) is 85.0 cm³/mol. The largest absolute Gasteiger partial charge is 0.342 e. The minimum Gasteiger partial charge on any atom is -0.342 e. The minimum absolute atomic E-state index is 0.204. The number of hydrogen-bond acceptors (Lipinski definition) is 2. The van der Waals surface area contributed by atoms with E-state index in [1.807, 2.05) is 0 Å². The number of nitrogens with zero attached hydrogens (tertiary/aromatic N) is 1. The molecule has 0 bridgehead atoms. The molecule has 3 rings (SSSR count). The van der Waals surface area contributed by atoms with Gasteiger partial charge in [0.1, 0.15) is 0 Å². The molecule has 21 heavy (non-hydrogen) atoms. The summed E-state index contributed by atoms with van der Waals surface area (Å²) in [4.78, 5) is 14.7. The van der Waals surface area contributed by atoms with Gasteiger partial charge in [-0.15, -0.1) is 0 Å². The molecule has 1 N–H and O–H groups in total. The average molecular weight is 286 g/mol. The Bertz CT molecular complexity index is 465. The monoisotopic (exact) mass is 286 g/mol. The molecular formula is C18H26N2O. The summed E-state index contributed by atoms with van der Waals surface area (Å²) in [5.41, 5.74) is 1.43. The zero-order valence-electron chi connectivity index (χ0n) is 12.9. The number of likely N-dealkylation sites (tertiary alicyclic amines) is 1. The maximum atomic E-state index is 12.6. The van der Waals surface area contributed by atoms with Crippen molar-refractivity contribution in [2.75, 3.05) is 19.6 Å². The molecule has 0 saturated carbocycles. The molecule has 0 radical (unpaired) electrons. The van der Waals surface area contributed by atoms with E-state index in [2.05, 4.69) is 47.5 Å². The van der Waals surface area contributed by atoms with Crippen molar-refractivity contribution in [3.05, 3.63) is 35.9 Å². The quantitative estimate of drug-likeness (QED) is 0.926. The summed E-state index contributed by atoms with van der Waals surface area (Å²) in [6.45, 7) is 5.01. The van der Waals surface area contributed by atoms with E-state index >= 15 is 0 Å². The lowest BCUT2D eigenvalue weighted by Gasteiger charge is -2.34. The van der Waals surface area contributed by atoms with Gasteiger partial charge in [-0.1, -0.05) is 30.3 Å². The molecule has 1 amide bonds. The minimum atomic E-state index is 0.204. The number of piperidine rings is 1. The van der Waals surface area contributed by atoms with Crippen molar-refractivity contribution >= 4 is 5.91 Å². The van der Waals surface area contributed by atoms with Crippen LogP contribution in [0, 0.1) is 11.8 Å². The van der Waals surface area contributed by atoms with E-state index in [9.17, 15) is 4.79 Å². The molecule has 2 fully saturated rings. The maximum absolute atomic E-state index is 12.6. The van der Waals surface area contributed by atoms with Gasteiger partial charge in [0.2, 0.25) is 5.91 Å². The van der Waals surface area contributed by atoms with Crippen molar-refractivity contribution in [2.45, 2.75) is 38.6 Å². The fraction of sp³-hybridized carbons (Fsp3) is 0.611. The third kappa shape index (κ3) is 3.46. The van der Waals surface area contributed by atoms with Crippen molar-refractivity contribution < 1.29 is 4.79 Å². The van der Waals surface area contributed by atoms with Crippen LogP contribution in [0.15, 0.2) is 30.3 Å². The summed E-state index contributed by atoms with van der Waals surface area (Å²) in [7, 11) is 0. The van der Waals surface area contributed by atoms with Gasteiger partial charge in [-0.05, 0) is 50.6 Å². The highest BCUT2D eigenvalue weighted by atomic mass is 16.2. The summed E-state index contributed by atoms with van der Waals surface area (Å²) in [5.74, 6) is 1.32. The van der Waals surface area contributed by atoms with Crippen LogP contribution in [-0.2, 0) is 11.2 Å². The molecule has 1 aromatic carbocycles. The second kappa shape index (κ2) is 6.61. The number of rotatable bonds is 3. The SMILES string of the molecule is CC1NCCC1C(=O)N1CCC(Cc2ccccc2)CC1. The van der Waals surface area contributed by atoms with Crippen molar-refractivity contribution in [2.24, 2.45) is 11.8 Å². The second-order valence-corrected chi connectivity index (χ2v) is 6.60. The van der Waals surface area contributed by atoms with E-state index in [4.69, 9.17) is 0 Å². The maximum Gasteiger partial charge on any atom is 0.227 e. The van der Waals surface area contributed by atoms with E-state index in [0.29, 0.717) is 11.9 Å². The third-order valence-corrected chi connectivity index (χ3v) is 5.14. The summed E-state index contributed by atoms with van der Waals surface area (Å²) < 4.78 is 0. The Balaban J connectivity index is 1.50. The molecule has 2 heterocycles. The zero-order chi connectivity index (χ0) is 14.7. The molecule has 2 aliphatic rings. The van der Waals surface area contributed by atoms with Crippen molar-refractivity contribution in [1.82, 2.24) is 10.2 Å². The lowest BCUT2D eigenvalue weighted by Crippen LogP contribution is -2.44. The van der Waals surface area contributed by atoms with Crippen LogP contribution in [0.5, 0.6) is 0 Å². The van der Waals surface area contributed by atoms with Crippen LogP contribution in [-0.4, -0.2) is 36.5 Å². The van der Waals surface area contributed by atoms with Crippen molar-refractivity contribution in [1.29, 1.82) is 0 Å². The zero-order valence-corrected chi connectivity index (χ0v) is 12.9. The van der Waals surface area contributed by atoms with Crippen LogP contribution in [0.4, 0.5) is 0 Å². The molecule has 0 spiro atoms. The van der Waals surface area contributed by atoms with Crippen LogP contribution >= 0.6 is 0 Å². The number of benzene rings is 1. The summed E-state index contributed by atoms with van der Waals surface area (Å²) in [6, 6.07) is 11.1. The number of amides is 1. The second-order valence-electron chi connectivity index (χ2n) is 6.60. The highest BCUT2D eigenvalue weighted by molar-refractivity contribution is 5.80. The predicted octanol–water partition coefficient (Wildman–Crippen LogP) is 2.47. The van der Waals surface area contributed by atoms with Gasteiger partial charge in [-0.2, -0.15) is 0 Å². The molecular weight excluding hydrogens is 260 g/mol. The Kier molecular flexibility index (Phi) is 4.59. The van der Waals surface area contributed by atoms with Gasteiger partial charge < -0.3 is 10.2 Å². The fourth-order valence-electron chi connectivity index (χ4n) is 3.74. The van der Waals surface area contributed by atoms with Crippen LogP contribution in [0.2, 0.25) is 0 Å². The molecule has 3 heteroatoms. The van der Waals surface area contributed by atoms with Crippen LogP contribution in [0.3, 0.4) is 0 Å². The molecule has 2 unspecified atom stereocenters. The van der Waals surface area contributed by atoms with Gasteiger partial charge in [0.25, 0.3) is 0 Å². The molecule has 0 aromatic heterocycles. The first kappa shape index (κ1) is 14.6. The van der Waals surface area contributed by atoms with Gasteiger partial charge in [0.15, 0.2) is 0 Å². The number of carbonyl (C=O) groups excluding carboxylic acids is 1. The van der Waals surface area contributed by atoms with E-state index in [0.717, 1.165) is 51.2 Å². The van der Waals surface area contributed by atoms with Crippen molar-refractivity contribution in [3.63, 3.8) is 0 Å². The number of nitrogens with one attached hydrogen (secondary N) is 1. The Morgan fingerprint density at radius 1 is 1.19 bits per heavy atom. The summed E-state index contributed by atoms with van der Waals surface area (Å²) in [6.07, 6.45) is 4.46. The Labute approximate surface area is 127 Å². The highest BCUT2D eigenvalue weighted by Crippen LogP contribution is 2.25. The van der Waals surface area contributed by atoms with E-state index in [-0.39, 0.29) is 5.92 Å². The van der Waals surface area contributed by atoms with Crippen LogP contribution < -0.4 is 5.32 Å². The highest BCUT2D eigenvalue weighted by Gasteiger charge is 2.34. The fourth-order valence-corrected chi connectivity index (χ4v) is 3.74. The van der Waals surface area contributed by atoms with Gasteiger partial charge >= 0.3 is 0 Å². The van der Waals surface area contributed by atoms with Gasteiger partial charge in [0.05, 0.1) is 5.92 Å². The molecule has 0 aliphatic carbocycles. The molecule has 114 valence electrons. The van der Waals surface area contributed by atoms with Crippen LogP contribution in [0.1, 0.15) is 31.7 Å². The topological polar surface area (TPSA) is 32.3 Å². The van der Waals surface area contributed by atoms with Crippen LogP contribution in [0.25, 0.3) is 0 Å². The van der Waals surface area contributed by atoms with E-state index in [1.54, 1.807) is 0 Å². The Morgan fingerprint density at radius 3 is 2.52 bits per heavy atom. The molecule has 2 aliphatic heterocycles. The summed E-state index contributed by atoms with van der Waals surface area (Å²) >= 11 is 0. The number of hydrogen-bond donors (Lipinski definition) is 1. The third-order valence-electron chi connectivity index (χ3n) is 5.14. The van der Waals surface area contributed by atoms with Gasteiger partial charge in [0, 0.05) is 19.1 Å². The summed E-state index contributed by atoms with van der Waals surface area (Å²) in [5, 5.41) is 3.38. The molecule has 1 aromatic rings.